The average molecular weight is 385 g/mol. The second kappa shape index (κ2) is 8.34. The third-order valence-corrected chi connectivity index (χ3v) is 3.79. The third kappa shape index (κ3) is 4.53. The number of fused-ring (bicyclic) bond motifs is 1. The van der Waals surface area contributed by atoms with E-state index in [-0.39, 0.29) is 24.4 Å². The van der Waals surface area contributed by atoms with Crippen molar-refractivity contribution in [1.29, 1.82) is 0 Å². The van der Waals surface area contributed by atoms with E-state index in [0.717, 1.165) is 12.1 Å². The lowest BCUT2D eigenvalue weighted by atomic mass is 10.1. The van der Waals surface area contributed by atoms with E-state index in [4.69, 9.17) is 13.9 Å². The topological polar surface area (TPSA) is 94.8 Å². The third-order valence-electron chi connectivity index (χ3n) is 3.79. The number of hydrogen-bond acceptors (Lipinski definition) is 6. The predicted octanol–water partition coefficient (Wildman–Crippen LogP) is 3.86. The molecule has 1 N–H and O–H groups in total. The molecule has 0 spiro atoms. The molecule has 0 radical (unpaired) electrons. The van der Waals surface area contributed by atoms with E-state index in [9.17, 15) is 18.8 Å². The lowest BCUT2D eigenvalue weighted by molar-refractivity contribution is 0.0473. The lowest BCUT2D eigenvalue weighted by Gasteiger charge is -2.09. The molecule has 3 rings (SSSR count). The van der Waals surface area contributed by atoms with Crippen molar-refractivity contribution in [3.63, 3.8) is 0 Å². The van der Waals surface area contributed by atoms with E-state index in [1.807, 2.05) is 0 Å². The fourth-order valence-corrected chi connectivity index (χ4v) is 2.52. The van der Waals surface area contributed by atoms with Gasteiger partial charge in [-0.25, -0.2) is 18.8 Å². The molecule has 144 valence electrons. The molecule has 0 aliphatic rings. The van der Waals surface area contributed by atoms with Gasteiger partial charge in [0.05, 0.1) is 12.2 Å². The number of benzene rings is 2. The molecule has 2 aromatic carbocycles. The zero-order valence-electron chi connectivity index (χ0n) is 14.9. The Labute approximate surface area is 158 Å². The molecule has 8 heteroatoms. The first-order valence-corrected chi connectivity index (χ1v) is 8.39. The first-order valence-electron chi connectivity index (χ1n) is 8.39. The molecule has 0 saturated heterocycles. The maximum absolute atomic E-state index is 12.9. The van der Waals surface area contributed by atoms with Crippen LogP contribution in [0.2, 0.25) is 0 Å². The molecule has 28 heavy (non-hydrogen) atoms. The van der Waals surface area contributed by atoms with E-state index in [0.29, 0.717) is 16.6 Å². The van der Waals surface area contributed by atoms with Crippen molar-refractivity contribution in [3.05, 3.63) is 75.9 Å². The van der Waals surface area contributed by atoms with E-state index < -0.39 is 23.5 Å². The Hall–Kier alpha value is -3.68. The Morgan fingerprint density at radius 2 is 1.82 bits per heavy atom. The van der Waals surface area contributed by atoms with Crippen LogP contribution in [0.15, 0.2) is 57.7 Å². The number of carbonyl (C=O) groups is 2. The summed E-state index contributed by atoms with van der Waals surface area (Å²) in [4.78, 5) is 35.4. The number of nitrogens with one attached hydrogen (secondary N) is 1. The summed E-state index contributed by atoms with van der Waals surface area (Å²) >= 11 is 0. The number of esters is 1. The van der Waals surface area contributed by atoms with Crippen LogP contribution in [0.4, 0.5) is 14.9 Å². The minimum atomic E-state index is -0.651. The second-order valence-corrected chi connectivity index (χ2v) is 5.73. The van der Waals surface area contributed by atoms with Crippen LogP contribution in [0.5, 0.6) is 0 Å². The van der Waals surface area contributed by atoms with Crippen LogP contribution in [-0.2, 0) is 16.1 Å². The van der Waals surface area contributed by atoms with Gasteiger partial charge in [0.1, 0.15) is 18.0 Å². The number of halogens is 1. The molecule has 1 amide bonds. The normalized spacial score (nSPS) is 10.5. The number of anilines is 1. The average Bonchev–Trinajstić information content (AvgIpc) is 2.66. The van der Waals surface area contributed by atoms with Crippen LogP contribution < -0.4 is 10.9 Å². The highest BCUT2D eigenvalue weighted by atomic mass is 19.1. The zero-order chi connectivity index (χ0) is 20.1. The van der Waals surface area contributed by atoms with Gasteiger partial charge in [0.2, 0.25) is 0 Å². The smallest absolute Gasteiger partial charge is 0.411 e. The molecule has 0 fully saturated rings. The van der Waals surface area contributed by atoms with Crippen molar-refractivity contribution >= 4 is 28.7 Å². The van der Waals surface area contributed by atoms with Crippen molar-refractivity contribution in [2.45, 2.75) is 13.5 Å². The van der Waals surface area contributed by atoms with E-state index in [1.165, 1.54) is 24.3 Å². The largest absolute Gasteiger partial charge is 0.457 e. The summed E-state index contributed by atoms with van der Waals surface area (Å²) < 4.78 is 28.1. The number of hydrogen-bond donors (Lipinski definition) is 1. The molecule has 7 nitrogen and oxygen atoms in total. The Morgan fingerprint density at radius 3 is 2.54 bits per heavy atom. The van der Waals surface area contributed by atoms with Crippen LogP contribution >= 0.6 is 0 Å². The van der Waals surface area contributed by atoms with Crippen LogP contribution in [0.3, 0.4) is 0 Å². The van der Waals surface area contributed by atoms with Crippen molar-refractivity contribution in [1.82, 2.24) is 0 Å². The summed E-state index contributed by atoms with van der Waals surface area (Å²) in [5, 5.41) is 3.05. The lowest BCUT2D eigenvalue weighted by Crippen LogP contribution is -2.13. The van der Waals surface area contributed by atoms with Gasteiger partial charge in [-0.1, -0.05) is 0 Å². The molecule has 0 aliphatic carbocycles. The standard InChI is InChI=1S/C20H16FNO6/c1-2-26-20(25)22-15-7-8-16-13(9-18(23)28-17(16)10-15)11-27-19(24)12-3-5-14(21)6-4-12/h3-10H,2,11H2,1H3,(H,22,25). The van der Waals surface area contributed by atoms with Gasteiger partial charge in [0.25, 0.3) is 0 Å². The van der Waals surface area contributed by atoms with Crippen LogP contribution in [-0.4, -0.2) is 18.7 Å². The highest BCUT2D eigenvalue weighted by Gasteiger charge is 2.12. The van der Waals surface area contributed by atoms with Gasteiger partial charge in [-0.15, -0.1) is 0 Å². The molecule has 0 aliphatic heterocycles. The molecule has 0 saturated carbocycles. The monoisotopic (exact) mass is 385 g/mol. The molecule has 1 heterocycles. The summed E-state index contributed by atoms with van der Waals surface area (Å²) in [7, 11) is 0. The van der Waals surface area contributed by atoms with Gasteiger partial charge in [0, 0.05) is 28.8 Å². The van der Waals surface area contributed by atoms with Crippen LogP contribution in [0.25, 0.3) is 11.0 Å². The highest BCUT2D eigenvalue weighted by molar-refractivity contribution is 5.91. The number of amides is 1. The number of carbonyl (C=O) groups excluding carboxylic acids is 2. The van der Waals surface area contributed by atoms with Gasteiger partial charge in [0.15, 0.2) is 0 Å². The van der Waals surface area contributed by atoms with Crippen LogP contribution in [0.1, 0.15) is 22.8 Å². The SMILES string of the molecule is CCOC(=O)Nc1ccc2c(COC(=O)c3ccc(F)cc3)cc(=O)oc2c1. The fraction of sp³-hybridized carbons (Fsp3) is 0.150. The number of rotatable bonds is 5. The van der Waals surface area contributed by atoms with Crippen molar-refractivity contribution in [2.24, 2.45) is 0 Å². The first kappa shape index (κ1) is 19.1. The Morgan fingerprint density at radius 1 is 1.07 bits per heavy atom. The minimum Gasteiger partial charge on any atom is -0.457 e. The van der Waals surface area contributed by atoms with Gasteiger partial charge < -0.3 is 13.9 Å². The zero-order valence-corrected chi connectivity index (χ0v) is 14.9. The second-order valence-electron chi connectivity index (χ2n) is 5.73. The Kier molecular flexibility index (Phi) is 5.69. The maximum Gasteiger partial charge on any atom is 0.411 e. The molecule has 1 aromatic heterocycles. The predicted molar refractivity (Wildman–Crippen MR) is 98.6 cm³/mol. The molecule has 3 aromatic rings. The van der Waals surface area contributed by atoms with Crippen molar-refractivity contribution in [3.8, 4) is 0 Å². The maximum atomic E-state index is 12.9. The van der Waals surface area contributed by atoms with Gasteiger partial charge in [-0.2, -0.15) is 0 Å². The minimum absolute atomic E-state index is 0.178. The number of ether oxygens (including phenoxy) is 2. The van der Waals surface area contributed by atoms with Crippen LogP contribution in [0, 0.1) is 5.82 Å². The van der Waals surface area contributed by atoms with Crippen molar-refractivity contribution < 1.29 is 27.9 Å². The van der Waals surface area contributed by atoms with Gasteiger partial charge in [-0.05, 0) is 43.3 Å². The molecular formula is C20H16FNO6. The Bertz CT molecular complexity index is 1070. The van der Waals surface area contributed by atoms with E-state index in [2.05, 4.69) is 5.32 Å². The van der Waals surface area contributed by atoms with Crippen molar-refractivity contribution in [2.75, 3.05) is 11.9 Å². The Balaban J connectivity index is 1.80. The summed E-state index contributed by atoms with van der Waals surface area (Å²) in [6.07, 6.45) is -0.631. The summed E-state index contributed by atoms with van der Waals surface area (Å²) in [6.45, 7) is 1.72. The molecular weight excluding hydrogens is 369 g/mol. The van der Waals surface area contributed by atoms with Gasteiger partial charge >= 0.3 is 17.7 Å². The summed E-state index contributed by atoms with van der Waals surface area (Å²) in [5.41, 5.74) is 0.594. The fourth-order valence-electron chi connectivity index (χ4n) is 2.52. The molecule has 0 unspecified atom stereocenters. The van der Waals surface area contributed by atoms with E-state index >= 15 is 0 Å². The van der Waals surface area contributed by atoms with Gasteiger partial charge in [-0.3, -0.25) is 5.32 Å². The van der Waals surface area contributed by atoms with E-state index in [1.54, 1.807) is 19.1 Å². The highest BCUT2D eigenvalue weighted by Crippen LogP contribution is 2.22. The summed E-state index contributed by atoms with van der Waals surface area (Å²) in [5.74, 6) is -1.11. The molecule has 0 bridgehead atoms. The molecule has 0 atom stereocenters. The summed E-state index contributed by atoms with van der Waals surface area (Å²) in [6, 6.07) is 10.8. The quantitative estimate of drug-likeness (QED) is 0.529. The first-order chi connectivity index (χ1) is 13.5.